The van der Waals surface area contributed by atoms with E-state index in [4.69, 9.17) is 4.42 Å². The summed E-state index contributed by atoms with van der Waals surface area (Å²) in [5, 5.41) is 12.0. The molecule has 10 nitrogen and oxygen atoms in total. The minimum atomic E-state index is -3.87. The maximum absolute atomic E-state index is 13.6. The Labute approximate surface area is 213 Å². The highest BCUT2D eigenvalue weighted by Crippen LogP contribution is 2.45. The Kier molecular flexibility index (Phi) is 7.76. The summed E-state index contributed by atoms with van der Waals surface area (Å²) in [5.41, 5.74) is 3.32. The second-order valence-electron chi connectivity index (χ2n) is 8.60. The van der Waals surface area contributed by atoms with Gasteiger partial charge in [0.1, 0.15) is 4.75 Å². The largest absolute Gasteiger partial charge is 0.444 e. The first kappa shape index (κ1) is 25.9. The molecule has 0 spiro atoms. The van der Waals surface area contributed by atoms with Gasteiger partial charge in [0.15, 0.2) is 22.0 Å². The Bertz CT molecular complexity index is 1300. The number of amides is 3. The van der Waals surface area contributed by atoms with Crippen LogP contribution >= 0.6 is 11.3 Å². The summed E-state index contributed by atoms with van der Waals surface area (Å²) in [5.74, 6) is -0.446. The summed E-state index contributed by atoms with van der Waals surface area (Å²) in [6.45, 7) is 2.61. The van der Waals surface area contributed by atoms with E-state index in [9.17, 15) is 23.2 Å². The Morgan fingerprint density at radius 1 is 1.17 bits per heavy atom. The molecule has 1 atom stereocenters. The SMILES string of the molecule is CCCNC(=O)N1CCC(CC(=O)NO)(c2ccc(-c3ccc(-c4cnco4)cc3)s2)S(=O)(=O)CC1. The summed E-state index contributed by atoms with van der Waals surface area (Å²) in [6, 6.07) is 10.8. The number of carbonyl (C=O) groups is 2. The van der Waals surface area contributed by atoms with Crippen LogP contribution in [0, 0.1) is 0 Å². The van der Waals surface area contributed by atoms with Gasteiger partial charge in [0.05, 0.1) is 18.4 Å². The number of oxazole rings is 1. The monoisotopic (exact) mass is 532 g/mol. The Balaban J connectivity index is 1.67. The third-order valence-electron chi connectivity index (χ3n) is 6.34. The molecule has 1 aliphatic heterocycles. The summed E-state index contributed by atoms with van der Waals surface area (Å²) >= 11 is 1.29. The number of carbonyl (C=O) groups excluding carboxylic acids is 2. The molecule has 36 heavy (non-hydrogen) atoms. The quantitative estimate of drug-likeness (QED) is 0.313. The summed E-state index contributed by atoms with van der Waals surface area (Å²) < 4.78 is 31.1. The molecule has 0 bridgehead atoms. The van der Waals surface area contributed by atoms with E-state index in [-0.39, 0.29) is 31.3 Å². The average Bonchev–Trinajstić information content (AvgIpc) is 3.57. The van der Waals surface area contributed by atoms with Crippen molar-refractivity contribution in [3.8, 4) is 21.8 Å². The highest BCUT2D eigenvalue weighted by molar-refractivity contribution is 7.92. The first-order valence-corrected chi connectivity index (χ1v) is 14.0. The first-order chi connectivity index (χ1) is 17.3. The van der Waals surface area contributed by atoms with Crippen molar-refractivity contribution >= 4 is 33.1 Å². The smallest absolute Gasteiger partial charge is 0.317 e. The molecule has 3 amide bonds. The van der Waals surface area contributed by atoms with Gasteiger partial charge in [0, 0.05) is 35.0 Å². The van der Waals surface area contributed by atoms with Gasteiger partial charge in [-0.15, -0.1) is 11.3 Å². The van der Waals surface area contributed by atoms with Crippen molar-refractivity contribution in [2.24, 2.45) is 0 Å². The van der Waals surface area contributed by atoms with Gasteiger partial charge in [-0.05, 0) is 30.5 Å². The maximum atomic E-state index is 13.6. The third-order valence-corrected chi connectivity index (χ3v) is 10.3. The van der Waals surface area contributed by atoms with Gasteiger partial charge in [-0.1, -0.05) is 31.2 Å². The molecule has 0 aliphatic carbocycles. The van der Waals surface area contributed by atoms with Gasteiger partial charge in [-0.2, -0.15) is 0 Å². The van der Waals surface area contributed by atoms with Gasteiger partial charge in [-0.3, -0.25) is 10.0 Å². The van der Waals surface area contributed by atoms with Crippen molar-refractivity contribution in [2.75, 3.05) is 25.4 Å². The number of benzene rings is 1. The number of thiophene rings is 1. The lowest BCUT2D eigenvalue weighted by Crippen LogP contribution is -2.42. The third kappa shape index (κ3) is 5.15. The van der Waals surface area contributed by atoms with Crippen LogP contribution < -0.4 is 10.8 Å². The molecule has 1 aliphatic rings. The van der Waals surface area contributed by atoms with E-state index >= 15 is 0 Å². The fraction of sp³-hybridized carbons (Fsp3) is 0.375. The van der Waals surface area contributed by atoms with E-state index in [2.05, 4.69) is 10.3 Å². The number of sulfone groups is 1. The van der Waals surface area contributed by atoms with Crippen molar-refractivity contribution < 1.29 is 27.6 Å². The lowest BCUT2D eigenvalue weighted by Gasteiger charge is -2.30. The Hall–Kier alpha value is -3.22. The molecule has 0 radical (unpaired) electrons. The molecule has 3 heterocycles. The van der Waals surface area contributed by atoms with Crippen LogP contribution in [0.3, 0.4) is 0 Å². The van der Waals surface area contributed by atoms with Gasteiger partial charge >= 0.3 is 6.03 Å². The molecule has 12 heteroatoms. The average molecular weight is 533 g/mol. The number of aromatic nitrogens is 1. The predicted octanol–water partition coefficient (Wildman–Crippen LogP) is 3.40. The van der Waals surface area contributed by atoms with Crippen LogP contribution in [-0.2, 0) is 19.4 Å². The topological polar surface area (TPSA) is 142 Å². The van der Waals surface area contributed by atoms with E-state index in [1.807, 2.05) is 37.3 Å². The van der Waals surface area contributed by atoms with Crippen molar-refractivity contribution in [3.63, 3.8) is 0 Å². The normalized spacial score (nSPS) is 19.4. The van der Waals surface area contributed by atoms with Crippen LogP contribution in [0.15, 0.2) is 53.4 Å². The number of hydroxylamine groups is 1. The minimum absolute atomic E-state index is 0.0295. The number of nitrogens with one attached hydrogen (secondary N) is 2. The molecule has 3 aromatic rings. The second-order valence-corrected chi connectivity index (χ2v) is 12.1. The fourth-order valence-electron chi connectivity index (χ4n) is 4.31. The van der Waals surface area contributed by atoms with Crippen LogP contribution in [0.2, 0.25) is 0 Å². The lowest BCUT2D eigenvalue weighted by molar-refractivity contribution is -0.129. The zero-order valence-corrected chi connectivity index (χ0v) is 21.4. The number of urea groups is 1. The van der Waals surface area contributed by atoms with Gasteiger partial charge in [-0.25, -0.2) is 23.7 Å². The molecule has 1 saturated heterocycles. The van der Waals surface area contributed by atoms with E-state index in [1.54, 1.807) is 17.7 Å². The molecule has 1 fully saturated rings. The lowest BCUT2D eigenvalue weighted by atomic mass is 9.97. The zero-order chi connectivity index (χ0) is 25.8. The van der Waals surface area contributed by atoms with Crippen LogP contribution in [0.5, 0.6) is 0 Å². The van der Waals surface area contributed by atoms with E-state index in [1.165, 1.54) is 22.6 Å². The molecule has 3 N–H and O–H groups in total. The molecule has 4 rings (SSSR count). The van der Waals surface area contributed by atoms with E-state index in [0.29, 0.717) is 17.2 Å². The van der Waals surface area contributed by atoms with Crippen molar-refractivity contribution in [1.29, 1.82) is 0 Å². The van der Waals surface area contributed by atoms with Crippen molar-refractivity contribution in [2.45, 2.75) is 30.9 Å². The fourth-order valence-corrected chi connectivity index (χ4v) is 7.92. The number of nitrogens with zero attached hydrogens (tertiary/aromatic N) is 2. The van der Waals surface area contributed by atoms with Gasteiger partial charge in [0.2, 0.25) is 5.91 Å². The molecule has 1 aromatic carbocycles. The van der Waals surface area contributed by atoms with Crippen LogP contribution in [0.25, 0.3) is 21.8 Å². The number of hydrogen-bond acceptors (Lipinski definition) is 8. The summed E-state index contributed by atoms with van der Waals surface area (Å²) in [7, 11) is -3.87. The minimum Gasteiger partial charge on any atom is -0.444 e. The highest BCUT2D eigenvalue weighted by atomic mass is 32.2. The van der Waals surface area contributed by atoms with Crippen LogP contribution in [-0.4, -0.2) is 60.8 Å². The second kappa shape index (κ2) is 10.8. The molecule has 192 valence electrons. The van der Waals surface area contributed by atoms with Gasteiger partial charge < -0.3 is 14.6 Å². The number of rotatable bonds is 7. The molecule has 0 saturated carbocycles. The van der Waals surface area contributed by atoms with Gasteiger partial charge in [0.25, 0.3) is 0 Å². The van der Waals surface area contributed by atoms with Crippen molar-refractivity contribution in [1.82, 2.24) is 20.7 Å². The molecule has 2 aromatic heterocycles. The van der Waals surface area contributed by atoms with E-state index in [0.717, 1.165) is 22.4 Å². The van der Waals surface area contributed by atoms with Crippen molar-refractivity contribution in [3.05, 3.63) is 53.9 Å². The zero-order valence-electron chi connectivity index (χ0n) is 19.8. The molecular formula is C24H28N4O6S2. The number of hydrogen-bond donors (Lipinski definition) is 3. The summed E-state index contributed by atoms with van der Waals surface area (Å²) in [6.07, 6.45) is 3.33. The Morgan fingerprint density at radius 3 is 2.58 bits per heavy atom. The first-order valence-electron chi connectivity index (χ1n) is 11.6. The maximum Gasteiger partial charge on any atom is 0.317 e. The predicted molar refractivity (Wildman–Crippen MR) is 135 cm³/mol. The summed E-state index contributed by atoms with van der Waals surface area (Å²) in [4.78, 5) is 31.6. The molecule has 1 unspecified atom stereocenters. The van der Waals surface area contributed by atoms with E-state index < -0.39 is 26.9 Å². The van der Waals surface area contributed by atoms with Crippen LogP contribution in [0.4, 0.5) is 4.79 Å². The Morgan fingerprint density at radius 2 is 1.92 bits per heavy atom. The molecular weight excluding hydrogens is 504 g/mol. The van der Waals surface area contributed by atoms with Crippen LogP contribution in [0.1, 0.15) is 31.1 Å². The standard InChI is InChI=1S/C24H28N4O6S2/c1-2-10-26-23(30)28-11-9-24(14-22(29)27-31,36(32,33)13-12-28)21-8-7-20(35-21)18-5-3-17(4-6-18)19-15-25-16-34-19/h3-8,15-16,31H,2,9-14H2,1H3,(H,26,30)(H,27,29). The highest BCUT2D eigenvalue weighted by Gasteiger charge is 2.49.